The molecule has 0 aliphatic carbocycles. The maximum absolute atomic E-state index is 12.4. The molecule has 6 aromatic carbocycles. The molecule has 0 amide bonds. The quantitative estimate of drug-likeness (QED) is 0.149. The molecule has 8 rings (SSSR count). The molecule has 0 aliphatic heterocycles. The Labute approximate surface area is 425 Å². The Kier molecular flexibility index (Phi) is 8.15. The van der Waals surface area contributed by atoms with Crippen molar-refractivity contribution in [2.45, 2.75) is 138 Å². The standard InChI is InChI=1S/C63H71N3O/c1-37(2)45-34-53(40(7)8)60(67)54(35-45)61-65-59-52(20-17-21-57(59)66(61)56-27-24-44(30-41(56)9)58-50(38(3)4)18-16-19-51(58)39(5)6)46-31-47(33-49(32-46)63(13,14)15)55-36-43(28-29-64-55)42-22-25-48(26-23-42)62(10,11)12/h16-40,67H,1-15H3/i9D3,10D3,11D3,12D3,22D,23D,25D,26D,38D. The van der Waals surface area contributed by atoms with Gasteiger partial charge in [-0.1, -0.05) is 169 Å². The van der Waals surface area contributed by atoms with Crippen LogP contribution in [-0.2, 0) is 10.8 Å². The van der Waals surface area contributed by atoms with E-state index in [1.54, 1.807) is 16.7 Å². The molecule has 4 nitrogen and oxygen atoms in total. The zero-order chi connectivity index (χ0) is 62.7. The van der Waals surface area contributed by atoms with E-state index in [9.17, 15) is 10.6 Å². The van der Waals surface area contributed by atoms with Crippen molar-refractivity contribution in [2.24, 2.45) is 0 Å². The molecule has 0 saturated heterocycles. The van der Waals surface area contributed by atoms with E-state index in [2.05, 4.69) is 27.7 Å². The van der Waals surface area contributed by atoms with Crippen LogP contribution in [0.15, 0.2) is 127 Å². The van der Waals surface area contributed by atoms with Gasteiger partial charge in [0.05, 0.1) is 33.5 Å². The summed E-state index contributed by atoms with van der Waals surface area (Å²) in [6.45, 7) is 7.75. The van der Waals surface area contributed by atoms with Crippen LogP contribution in [0, 0.1) is 6.85 Å². The lowest BCUT2D eigenvalue weighted by molar-refractivity contribution is 0.466. The average molecular weight is 903 g/mol. The summed E-state index contributed by atoms with van der Waals surface area (Å²) in [7, 11) is 0. The first-order valence-corrected chi connectivity index (χ1v) is 23.0. The van der Waals surface area contributed by atoms with Crippen molar-refractivity contribution in [1.29, 1.82) is 0 Å². The van der Waals surface area contributed by atoms with Crippen LogP contribution in [0.2, 0.25) is 0 Å². The monoisotopic (exact) mass is 903 g/mol. The predicted octanol–water partition coefficient (Wildman–Crippen LogP) is 17.9. The summed E-state index contributed by atoms with van der Waals surface area (Å²) in [5.41, 5.74) is 3.60. The SMILES string of the molecule is [2H]c1c([2H])c(C(C([2H])([2H])[2H])(C([2H])([2H])[2H])C([2H])([2H])[2H])c([2H])c([2H])c1-c1ccnc(-c2cc(-c3cccc4c3nc(-c3cc(C(C)C)cc(C(C)C)c3O)n4-c3ccc(-c4c(C(C)C)cccc4C([2H])(C)C)cc3C([2H])([2H])[2H])cc(C(C)(C)C)c2)c1. The number of benzene rings is 6. The van der Waals surface area contributed by atoms with Crippen LogP contribution in [0.1, 0.15) is 183 Å². The number of fused-ring (bicyclic) bond motifs is 1. The summed E-state index contributed by atoms with van der Waals surface area (Å²) in [5, 5.41) is 12.4. The van der Waals surface area contributed by atoms with E-state index in [1.165, 1.54) is 18.3 Å². The minimum Gasteiger partial charge on any atom is -0.507 e. The van der Waals surface area contributed by atoms with Crippen molar-refractivity contribution in [3.63, 3.8) is 0 Å². The van der Waals surface area contributed by atoms with Gasteiger partial charge in [0, 0.05) is 35.1 Å². The Balaban J connectivity index is 1.42. The fraction of sp³-hybridized carbons (Fsp3) is 0.333. The summed E-state index contributed by atoms with van der Waals surface area (Å²) in [5.74, 6) is -0.788. The third kappa shape index (κ3) is 9.25. The van der Waals surface area contributed by atoms with Gasteiger partial charge in [-0.25, -0.2) is 4.98 Å². The number of aryl methyl sites for hydroxylation is 1. The maximum atomic E-state index is 12.4. The first-order chi connectivity index (χ1) is 38.6. The van der Waals surface area contributed by atoms with Crippen LogP contribution in [0.5, 0.6) is 5.75 Å². The van der Waals surface area contributed by atoms with Gasteiger partial charge >= 0.3 is 0 Å². The number of hydrogen-bond acceptors (Lipinski definition) is 3. The second-order valence-electron chi connectivity index (χ2n) is 19.9. The number of aromatic nitrogens is 3. The number of phenolic OH excluding ortho intramolecular Hbond substituents is 1. The van der Waals surface area contributed by atoms with Gasteiger partial charge in [-0.05, 0) is 157 Å². The van der Waals surface area contributed by atoms with Crippen molar-refractivity contribution in [1.82, 2.24) is 14.5 Å². The zero-order valence-electron chi connectivity index (χ0n) is 57.3. The highest BCUT2D eigenvalue weighted by atomic mass is 16.3. The van der Waals surface area contributed by atoms with E-state index in [0.717, 1.165) is 27.8 Å². The molecule has 0 atom stereocenters. The second kappa shape index (κ2) is 18.1. The van der Waals surface area contributed by atoms with Crippen LogP contribution in [0.25, 0.3) is 72.7 Å². The molecular weight excluding hydrogens is 815 g/mol. The van der Waals surface area contributed by atoms with Gasteiger partial charge in [0.15, 0.2) is 0 Å². The maximum Gasteiger partial charge on any atom is 0.149 e. The Morgan fingerprint density at radius 3 is 1.97 bits per heavy atom. The highest BCUT2D eigenvalue weighted by Gasteiger charge is 2.26. The number of nitrogens with zero attached hydrogens (tertiary/aromatic N) is 3. The molecule has 1 N–H and O–H groups in total. The number of rotatable bonds is 10. The van der Waals surface area contributed by atoms with Crippen LogP contribution in [0.4, 0.5) is 0 Å². The summed E-state index contributed by atoms with van der Waals surface area (Å²) in [4.78, 5) is 10.1. The van der Waals surface area contributed by atoms with E-state index in [1.807, 2.05) is 121 Å². The Bertz CT molecular complexity index is 3800. The molecule has 344 valence electrons. The fourth-order valence-corrected chi connectivity index (χ4v) is 8.81. The fourth-order valence-electron chi connectivity index (χ4n) is 8.81. The molecule has 4 heteroatoms. The van der Waals surface area contributed by atoms with E-state index in [4.69, 9.17) is 27.8 Å². The number of para-hydroxylation sites is 1. The lowest BCUT2D eigenvalue weighted by Crippen LogP contribution is -2.11. The molecule has 0 saturated carbocycles. The Morgan fingerprint density at radius 2 is 1.31 bits per heavy atom. The third-order valence-corrected chi connectivity index (χ3v) is 12.6. The van der Waals surface area contributed by atoms with Gasteiger partial charge in [-0.3, -0.25) is 9.55 Å². The van der Waals surface area contributed by atoms with Gasteiger partial charge in [-0.15, -0.1) is 0 Å². The van der Waals surface area contributed by atoms with Crippen molar-refractivity contribution < 1.29 is 28.4 Å². The molecule has 0 aliphatic rings. The average Bonchev–Trinajstić information content (AvgIpc) is 1.22. The molecule has 2 aromatic heterocycles. The molecule has 0 radical (unpaired) electrons. The highest BCUT2D eigenvalue weighted by Crippen LogP contribution is 2.45. The van der Waals surface area contributed by atoms with Gasteiger partial charge in [-0.2, -0.15) is 0 Å². The largest absolute Gasteiger partial charge is 0.507 e. The van der Waals surface area contributed by atoms with Crippen molar-refractivity contribution >= 4 is 11.0 Å². The zero-order valence-corrected chi connectivity index (χ0v) is 40.3. The minimum absolute atomic E-state index is 0.00161. The van der Waals surface area contributed by atoms with Crippen molar-refractivity contribution in [3.8, 4) is 67.5 Å². The van der Waals surface area contributed by atoms with Crippen LogP contribution in [0.3, 0.4) is 0 Å². The molecule has 0 bridgehead atoms. The number of imidazole rings is 1. The molecule has 8 aromatic rings. The minimum atomic E-state index is -3.84. The van der Waals surface area contributed by atoms with E-state index in [0.29, 0.717) is 55.8 Å². The molecule has 0 unspecified atom stereocenters. The van der Waals surface area contributed by atoms with Gasteiger partial charge < -0.3 is 5.11 Å². The normalized spacial score (nSPS) is 17.0. The van der Waals surface area contributed by atoms with E-state index < -0.39 is 73.9 Å². The topological polar surface area (TPSA) is 50.9 Å². The number of pyridine rings is 1. The first-order valence-electron chi connectivity index (χ1n) is 31.5. The lowest BCUT2D eigenvalue weighted by atomic mass is 9.83. The van der Waals surface area contributed by atoms with Crippen LogP contribution < -0.4 is 0 Å². The summed E-state index contributed by atoms with van der Waals surface area (Å²) in [6, 6.07) is 25.5. The summed E-state index contributed by atoms with van der Waals surface area (Å²) >= 11 is 0. The smallest absolute Gasteiger partial charge is 0.149 e. The van der Waals surface area contributed by atoms with Crippen molar-refractivity contribution in [3.05, 3.63) is 166 Å². The Morgan fingerprint density at radius 1 is 0.612 bits per heavy atom. The van der Waals surface area contributed by atoms with E-state index in [-0.39, 0.29) is 46.0 Å². The third-order valence-electron chi connectivity index (χ3n) is 12.6. The van der Waals surface area contributed by atoms with E-state index >= 15 is 0 Å². The summed E-state index contributed by atoms with van der Waals surface area (Å²) in [6.07, 6.45) is 1.40. The molecular formula is C63H71N3O. The van der Waals surface area contributed by atoms with Gasteiger partial charge in [0.25, 0.3) is 0 Å². The molecule has 2 heterocycles. The summed E-state index contributed by atoms with van der Waals surface area (Å²) < 4.78 is 149. The highest BCUT2D eigenvalue weighted by molar-refractivity contribution is 5.97. The number of aromatic hydroxyl groups is 1. The van der Waals surface area contributed by atoms with Crippen molar-refractivity contribution in [2.75, 3.05) is 0 Å². The molecule has 0 spiro atoms. The predicted molar refractivity (Wildman–Crippen MR) is 286 cm³/mol. The number of hydrogen-bond donors (Lipinski definition) is 1. The second-order valence-corrected chi connectivity index (χ2v) is 19.9. The van der Waals surface area contributed by atoms with Crippen LogP contribution >= 0.6 is 0 Å². The lowest BCUT2D eigenvalue weighted by Gasteiger charge is -2.22. The van der Waals surface area contributed by atoms with Gasteiger partial charge in [0.1, 0.15) is 11.6 Å². The molecule has 0 fully saturated rings. The van der Waals surface area contributed by atoms with Crippen LogP contribution in [-0.4, -0.2) is 19.6 Å². The Hall–Kier alpha value is -6.26. The van der Waals surface area contributed by atoms with Gasteiger partial charge in [0.2, 0.25) is 0 Å². The first kappa shape index (κ1) is 30.2. The molecule has 67 heavy (non-hydrogen) atoms. The number of phenols is 1.